The molecular formula is C23H40O7. The molecule has 0 heterocycles. The molecule has 1 aliphatic rings. The van der Waals surface area contributed by atoms with E-state index < -0.39 is 37.0 Å². The van der Waals surface area contributed by atoms with Crippen LogP contribution in [0.1, 0.15) is 64.7 Å². The fourth-order valence-corrected chi connectivity index (χ4v) is 3.71. The van der Waals surface area contributed by atoms with Crippen molar-refractivity contribution in [3.05, 3.63) is 24.3 Å². The molecule has 6 atom stereocenters. The predicted molar refractivity (Wildman–Crippen MR) is 115 cm³/mol. The van der Waals surface area contributed by atoms with Gasteiger partial charge in [-0.2, -0.15) is 0 Å². The minimum Gasteiger partial charge on any atom is -0.463 e. The van der Waals surface area contributed by atoms with Crippen molar-refractivity contribution < 1.29 is 35.1 Å². The summed E-state index contributed by atoms with van der Waals surface area (Å²) in [5.41, 5.74) is 0. The van der Waals surface area contributed by atoms with Crippen LogP contribution in [0.15, 0.2) is 24.3 Å². The van der Waals surface area contributed by atoms with E-state index in [2.05, 4.69) is 6.92 Å². The van der Waals surface area contributed by atoms with Gasteiger partial charge in [-0.15, -0.1) is 0 Å². The molecular weight excluding hydrogens is 388 g/mol. The normalized spacial score (nSPS) is 26.5. The summed E-state index contributed by atoms with van der Waals surface area (Å²) in [6.45, 7) is 1.48. The van der Waals surface area contributed by atoms with Crippen LogP contribution in [0.4, 0.5) is 0 Å². The second-order valence-electron chi connectivity index (χ2n) is 8.18. The zero-order valence-corrected chi connectivity index (χ0v) is 18.1. The Labute approximate surface area is 180 Å². The van der Waals surface area contributed by atoms with Crippen molar-refractivity contribution in [2.45, 2.75) is 89.1 Å². The monoisotopic (exact) mass is 428 g/mol. The van der Waals surface area contributed by atoms with Crippen molar-refractivity contribution in [1.82, 2.24) is 0 Å². The summed E-state index contributed by atoms with van der Waals surface area (Å²) in [4.78, 5) is 11.5. The first-order valence-corrected chi connectivity index (χ1v) is 11.2. The van der Waals surface area contributed by atoms with Gasteiger partial charge < -0.3 is 30.3 Å². The van der Waals surface area contributed by atoms with Gasteiger partial charge in [0.05, 0.1) is 24.9 Å². The number of hydrogen-bond acceptors (Lipinski definition) is 7. The van der Waals surface area contributed by atoms with Gasteiger partial charge in [-0.1, -0.05) is 50.5 Å². The van der Waals surface area contributed by atoms with Crippen LogP contribution >= 0.6 is 0 Å². The minimum atomic E-state index is -1.04. The maximum Gasteiger partial charge on any atom is 0.305 e. The number of aliphatic hydroxyl groups excluding tert-OH is 5. The molecule has 7 nitrogen and oxygen atoms in total. The molecule has 1 fully saturated rings. The van der Waals surface area contributed by atoms with E-state index >= 15 is 0 Å². The maximum absolute atomic E-state index is 11.5. The molecule has 0 aliphatic heterocycles. The Morgan fingerprint density at radius 2 is 1.90 bits per heavy atom. The quantitative estimate of drug-likeness (QED) is 0.153. The van der Waals surface area contributed by atoms with Crippen molar-refractivity contribution >= 4 is 5.97 Å². The fourth-order valence-electron chi connectivity index (χ4n) is 3.71. The zero-order valence-electron chi connectivity index (χ0n) is 18.1. The van der Waals surface area contributed by atoms with Crippen LogP contribution < -0.4 is 0 Å². The van der Waals surface area contributed by atoms with Gasteiger partial charge >= 0.3 is 5.97 Å². The van der Waals surface area contributed by atoms with Gasteiger partial charge in [-0.05, 0) is 31.6 Å². The molecule has 0 saturated heterocycles. The van der Waals surface area contributed by atoms with Crippen molar-refractivity contribution in [2.75, 3.05) is 13.2 Å². The van der Waals surface area contributed by atoms with Gasteiger partial charge in [0.15, 0.2) is 0 Å². The molecule has 7 heteroatoms. The lowest BCUT2D eigenvalue weighted by Crippen LogP contribution is -2.21. The number of aliphatic hydroxyl groups is 5. The van der Waals surface area contributed by atoms with Gasteiger partial charge in [0, 0.05) is 18.8 Å². The van der Waals surface area contributed by atoms with E-state index in [1.807, 2.05) is 18.2 Å². The molecule has 0 radical (unpaired) electrons. The van der Waals surface area contributed by atoms with Gasteiger partial charge in [0.1, 0.15) is 12.7 Å². The van der Waals surface area contributed by atoms with Crippen molar-refractivity contribution in [3.63, 3.8) is 0 Å². The molecule has 174 valence electrons. The molecule has 0 amide bonds. The summed E-state index contributed by atoms with van der Waals surface area (Å²) in [5.74, 6) is -0.688. The first-order valence-electron chi connectivity index (χ1n) is 11.2. The molecule has 1 rings (SSSR count). The van der Waals surface area contributed by atoms with Crippen LogP contribution in [0, 0.1) is 11.8 Å². The summed E-state index contributed by atoms with van der Waals surface area (Å²) in [6.07, 6.45) is 11.1. The highest BCUT2D eigenvalue weighted by Gasteiger charge is 2.39. The van der Waals surface area contributed by atoms with E-state index in [1.165, 1.54) is 0 Å². The third kappa shape index (κ3) is 10.7. The van der Waals surface area contributed by atoms with E-state index in [0.717, 1.165) is 19.3 Å². The number of ether oxygens (including phenoxy) is 1. The number of rotatable bonds is 15. The summed E-state index contributed by atoms with van der Waals surface area (Å²) >= 11 is 0. The topological polar surface area (TPSA) is 127 Å². The lowest BCUT2D eigenvalue weighted by atomic mass is 9.89. The molecule has 0 aromatic rings. The molecule has 0 unspecified atom stereocenters. The van der Waals surface area contributed by atoms with Gasteiger partial charge in [-0.3, -0.25) is 4.79 Å². The molecule has 0 spiro atoms. The van der Waals surface area contributed by atoms with E-state index in [-0.39, 0.29) is 24.9 Å². The second-order valence-corrected chi connectivity index (χ2v) is 8.18. The van der Waals surface area contributed by atoms with E-state index in [4.69, 9.17) is 14.9 Å². The molecule has 30 heavy (non-hydrogen) atoms. The van der Waals surface area contributed by atoms with Crippen LogP contribution in [0.5, 0.6) is 0 Å². The number of carbonyl (C=O) groups excluding carboxylic acids is 1. The van der Waals surface area contributed by atoms with Gasteiger partial charge in [0.2, 0.25) is 0 Å². The highest BCUT2D eigenvalue weighted by Crippen LogP contribution is 2.36. The standard InChI is InChI=1S/C23H40O7/c1-2-3-6-9-17(25)12-13-20-19(21(27)14-22(20)28)10-7-4-5-8-11-23(29)30-16-18(26)15-24/h4,7,12-13,17-22,24-28H,2-3,5-6,8-11,14-16H2,1H3/b7-4-,13-12+/t17-,18+,19+,20+,21-,22+/m0/s1. The molecule has 5 N–H and O–H groups in total. The van der Waals surface area contributed by atoms with Gasteiger partial charge in [-0.25, -0.2) is 0 Å². The molecule has 1 aliphatic carbocycles. The Morgan fingerprint density at radius 1 is 1.13 bits per heavy atom. The van der Waals surface area contributed by atoms with Crippen LogP contribution in [-0.4, -0.2) is 69.1 Å². The Morgan fingerprint density at radius 3 is 2.60 bits per heavy atom. The molecule has 0 aromatic carbocycles. The summed E-state index contributed by atoms with van der Waals surface area (Å²) in [7, 11) is 0. The SMILES string of the molecule is CCCCC[C@H](O)/C=C/[C@@H]1[C@@H](C/C=C\CCCC(=O)OC[C@H](O)CO)[C@@H](O)C[C@H]1O. The largest absolute Gasteiger partial charge is 0.463 e. The molecule has 0 aromatic heterocycles. The van der Waals surface area contributed by atoms with E-state index in [9.17, 15) is 20.1 Å². The van der Waals surface area contributed by atoms with Crippen molar-refractivity contribution in [1.29, 1.82) is 0 Å². The van der Waals surface area contributed by atoms with E-state index in [0.29, 0.717) is 32.1 Å². The number of esters is 1. The highest BCUT2D eigenvalue weighted by atomic mass is 16.5. The lowest BCUT2D eigenvalue weighted by Gasteiger charge is -2.19. The first-order chi connectivity index (χ1) is 14.4. The molecule has 1 saturated carbocycles. The Bertz CT molecular complexity index is 520. The Kier molecular flexibility index (Phi) is 13.9. The lowest BCUT2D eigenvalue weighted by molar-refractivity contribution is -0.147. The van der Waals surface area contributed by atoms with Crippen molar-refractivity contribution in [2.24, 2.45) is 11.8 Å². The van der Waals surface area contributed by atoms with Crippen LogP contribution in [0.25, 0.3) is 0 Å². The zero-order chi connectivity index (χ0) is 22.4. The fraction of sp³-hybridized carbons (Fsp3) is 0.783. The van der Waals surface area contributed by atoms with Gasteiger partial charge in [0.25, 0.3) is 0 Å². The third-order valence-electron chi connectivity index (χ3n) is 5.55. The number of hydrogen-bond donors (Lipinski definition) is 5. The summed E-state index contributed by atoms with van der Waals surface area (Å²) in [5, 5.41) is 48.4. The Balaban J connectivity index is 2.36. The number of allylic oxidation sites excluding steroid dienone is 2. The van der Waals surface area contributed by atoms with Crippen LogP contribution in [0.3, 0.4) is 0 Å². The smallest absolute Gasteiger partial charge is 0.305 e. The number of unbranched alkanes of at least 4 members (excludes halogenated alkanes) is 3. The highest BCUT2D eigenvalue weighted by molar-refractivity contribution is 5.69. The second kappa shape index (κ2) is 15.5. The van der Waals surface area contributed by atoms with Crippen LogP contribution in [-0.2, 0) is 9.53 Å². The maximum atomic E-state index is 11.5. The predicted octanol–water partition coefficient (Wildman–Crippen LogP) is 1.85. The van der Waals surface area contributed by atoms with Crippen molar-refractivity contribution in [3.8, 4) is 0 Å². The first kappa shape index (κ1) is 26.8. The average molecular weight is 429 g/mol. The van der Waals surface area contributed by atoms with E-state index in [1.54, 1.807) is 6.08 Å². The summed E-state index contributed by atoms with van der Waals surface area (Å²) < 4.78 is 4.84. The molecule has 0 bridgehead atoms. The third-order valence-corrected chi connectivity index (χ3v) is 5.55. The number of carbonyl (C=O) groups is 1. The minimum absolute atomic E-state index is 0.0970. The average Bonchev–Trinajstić information content (AvgIpc) is 2.99. The summed E-state index contributed by atoms with van der Waals surface area (Å²) in [6, 6.07) is 0. The van der Waals surface area contributed by atoms with Crippen LogP contribution in [0.2, 0.25) is 0 Å². The Hall–Kier alpha value is -1.25.